The van der Waals surface area contributed by atoms with Gasteiger partial charge in [0.2, 0.25) is 0 Å². The van der Waals surface area contributed by atoms with Crippen molar-refractivity contribution in [2.75, 3.05) is 0 Å². The van der Waals surface area contributed by atoms with Crippen LogP contribution in [0.3, 0.4) is 0 Å². The number of thiazole rings is 1. The van der Waals surface area contributed by atoms with Gasteiger partial charge < -0.3 is 4.74 Å². The molecule has 1 heterocycles. The largest absolute Gasteiger partial charge is 0.485 e. The number of carbonyl (C=O) groups excluding carboxylic acids is 1. The fourth-order valence-corrected chi connectivity index (χ4v) is 1.80. The number of Topliss-reactive ketones (excluding diaryl/α,β-unsaturated/α-hetero) is 1. The van der Waals surface area contributed by atoms with E-state index >= 15 is 0 Å². The summed E-state index contributed by atoms with van der Waals surface area (Å²) in [6.07, 6.45) is 1.67. The van der Waals surface area contributed by atoms with E-state index in [1.54, 1.807) is 17.8 Å². The molecule has 0 unspecified atom stereocenters. The van der Waals surface area contributed by atoms with Crippen LogP contribution in [-0.4, -0.2) is 10.8 Å². The van der Waals surface area contributed by atoms with Gasteiger partial charge in [0.1, 0.15) is 6.61 Å². The van der Waals surface area contributed by atoms with Gasteiger partial charge in [-0.3, -0.25) is 9.78 Å². The molecule has 0 radical (unpaired) electrons. The number of aromatic nitrogens is 1. The topological polar surface area (TPSA) is 39.2 Å². The smallest absolute Gasteiger partial charge is 0.165 e. The molecule has 0 fully saturated rings. The predicted molar refractivity (Wildman–Crippen MR) is 62.9 cm³/mol. The Morgan fingerprint density at radius 2 is 2.35 bits per heavy atom. The van der Waals surface area contributed by atoms with Crippen molar-refractivity contribution in [2.45, 2.75) is 13.5 Å². The molecule has 0 spiro atoms. The van der Waals surface area contributed by atoms with Crippen molar-refractivity contribution in [3.05, 3.63) is 46.2 Å². The molecular weight excluding hydrogens is 241 g/mol. The van der Waals surface area contributed by atoms with Gasteiger partial charge in [0.05, 0.1) is 10.4 Å². The summed E-state index contributed by atoms with van der Waals surface area (Å²) >= 11 is 1.44. The van der Waals surface area contributed by atoms with Gasteiger partial charge in [0, 0.05) is 11.8 Å². The van der Waals surface area contributed by atoms with E-state index in [4.69, 9.17) is 4.74 Å². The summed E-state index contributed by atoms with van der Waals surface area (Å²) in [5, 5.41) is 0. The van der Waals surface area contributed by atoms with Crippen LogP contribution in [-0.2, 0) is 6.61 Å². The number of ketones is 1. The quantitative estimate of drug-likeness (QED) is 0.784. The van der Waals surface area contributed by atoms with Crippen LogP contribution >= 0.6 is 11.3 Å². The van der Waals surface area contributed by atoms with Gasteiger partial charge in [-0.25, -0.2) is 4.39 Å². The van der Waals surface area contributed by atoms with E-state index in [9.17, 15) is 9.18 Å². The van der Waals surface area contributed by atoms with E-state index in [-0.39, 0.29) is 18.1 Å². The van der Waals surface area contributed by atoms with Gasteiger partial charge in [-0.05, 0) is 25.1 Å². The fraction of sp³-hybridized carbons (Fsp3) is 0.167. The molecule has 2 rings (SSSR count). The van der Waals surface area contributed by atoms with Gasteiger partial charge in [0.15, 0.2) is 17.3 Å². The zero-order valence-corrected chi connectivity index (χ0v) is 9.96. The lowest BCUT2D eigenvalue weighted by molar-refractivity contribution is 0.101. The van der Waals surface area contributed by atoms with Crippen molar-refractivity contribution in [2.24, 2.45) is 0 Å². The van der Waals surface area contributed by atoms with Crippen LogP contribution in [0.15, 0.2) is 29.9 Å². The first-order valence-corrected chi connectivity index (χ1v) is 5.85. The normalized spacial score (nSPS) is 10.2. The lowest BCUT2D eigenvalue weighted by atomic mass is 10.1. The van der Waals surface area contributed by atoms with Crippen molar-refractivity contribution < 1.29 is 13.9 Å². The van der Waals surface area contributed by atoms with E-state index in [1.165, 1.54) is 30.4 Å². The Balaban J connectivity index is 2.09. The lowest BCUT2D eigenvalue weighted by Gasteiger charge is -2.06. The van der Waals surface area contributed by atoms with Crippen LogP contribution in [0, 0.1) is 5.82 Å². The van der Waals surface area contributed by atoms with Gasteiger partial charge in [-0.15, -0.1) is 11.3 Å². The number of hydrogen-bond acceptors (Lipinski definition) is 4. The molecule has 0 aliphatic carbocycles. The average Bonchev–Trinajstić information content (AvgIpc) is 2.80. The summed E-state index contributed by atoms with van der Waals surface area (Å²) in [5.74, 6) is -0.552. The third-order valence-electron chi connectivity index (χ3n) is 2.19. The van der Waals surface area contributed by atoms with Gasteiger partial charge >= 0.3 is 0 Å². The minimum atomic E-state index is -0.526. The molecule has 0 amide bonds. The maximum Gasteiger partial charge on any atom is 0.165 e. The summed E-state index contributed by atoms with van der Waals surface area (Å²) in [6, 6.07) is 4.20. The number of carbonyl (C=O) groups is 1. The highest BCUT2D eigenvalue weighted by Crippen LogP contribution is 2.20. The van der Waals surface area contributed by atoms with Crippen molar-refractivity contribution >= 4 is 17.1 Å². The van der Waals surface area contributed by atoms with E-state index in [1.807, 2.05) is 0 Å². The number of benzene rings is 1. The SMILES string of the molecule is CC(=O)c1ccc(OCc2cncs2)c(F)c1. The zero-order chi connectivity index (χ0) is 12.3. The first-order valence-electron chi connectivity index (χ1n) is 4.97. The average molecular weight is 251 g/mol. The number of halogens is 1. The van der Waals surface area contributed by atoms with E-state index in [2.05, 4.69) is 4.98 Å². The highest BCUT2D eigenvalue weighted by molar-refractivity contribution is 7.09. The highest BCUT2D eigenvalue weighted by Gasteiger charge is 2.07. The molecule has 2 aromatic rings. The Morgan fingerprint density at radius 1 is 1.53 bits per heavy atom. The first-order chi connectivity index (χ1) is 8.16. The summed E-state index contributed by atoms with van der Waals surface area (Å²) in [6.45, 7) is 1.67. The lowest BCUT2D eigenvalue weighted by Crippen LogP contribution is -1.98. The molecule has 0 saturated heterocycles. The standard InChI is InChI=1S/C12H10FNO2S/c1-8(15)9-2-3-12(11(13)4-9)16-6-10-5-14-7-17-10/h2-5,7H,6H2,1H3. The molecule has 1 aromatic heterocycles. The number of rotatable bonds is 4. The summed E-state index contributed by atoms with van der Waals surface area (Å²) in [4.78, 5) is 15.9. The minimum Gasteiger partial charge on any atom is -0.485 e. The molecule has 5 heteroatoms. The van der Waals surface area contributed by atoms with E-state index in [0.29, 0.717) is 5.56 Å². The molecular formula is C12H10FNO2S. The van der Waals surface area contributed by atoms with Crippen LogP contribution in [0.4, 0.5) is 4.39 Å². The fourth-order valence-electron chi connectivity index (χ4n) is 1.30. The Labute approximate surface area is 102 Å². The van der Waals surface area contributed by atoms with Crippen LogP contribution in [0.25, 0.3) is 0 Å². The molecule has 0 aliphatic rings. The highest BCUT2D eigenvalue weighted by atomic mass is 32.1. The van der Waals surface area contributed by atoms with Gasteiger partial charge in [0.25, 0.3) is 0 Å². The maximum atomic E-state index is 13.5. The first kappa shape index (κ1) is 11.7. The van der Waals surface area contributed by atoms with Gasteiger partial charge in [-0.1, -0.05) is 0 Å². The van der Waals surface area contributed by atoms with Crippen molar-refractivity contribution in [1.82, 2.24) is 4.98 Å². The van der Waals surface area contributed by atoms with Crippen LogP contribution in [0.5, 0.6) is 5.75 Å². The second-order valence-electron chi connectivity index (χ2n) is 3.46. The monoisotopic (exact) mass is 251 g/mol. The Bertz CT molecular complexity index is 525. The molecule has 3 nitrogen and oxygen atoms in total. The minimum absolute atomic E-state index is 0.142. The maximum absolute atomic E-state index is 13.5. The second kappa shape index (κ2) is 5.05. The number of ether oxygens (including phenoxy) is 1. The zero-order valence-electron chi connectivity index (χ0n) is 9.14. The van der Waals surface area contributed by atoms with Crippen molar-refractivity contribution in [1.29, 1.82) is 0 Å². The Kier molecular flexibility index (Phi) is 3.49. The Hall–Kier alpha value is -1.75. The third-order valence-corrected chi connectivity index (χ3v) is 2.94. The van der Waals surface area contributed by atoms with E-state index < -0.39 is 5.82 Å². The van der Waals surface area contributed by atoms with Crippen LogP contribution < -0.4 is 4.74 Å². The van der Waals surface area contributed by atoms with E-state index in [0.717, 1.165) is 4.88 Å². The van der Waals surface area contributed by atoms with Crippen molar-refractivity contribution in [3.8, 4) is 5.75 Å². The molecule has 1 aromatic carbocycles. The molecule has 0 N–H and O–H groups in total. The molecule has 17 heavy (non-hydrogen) atoms. The summed E-state index contributed by atoms with van der Waals surface area (Å²) in [5.41, 5.74) is 2.03. The van der Waals surface area contributed by atoms with Crippen LogP contribution in [0.2, 0.25) is 0 Å². The predicted octanol–water partition coefficient (Wildman–Crippen LogP) is 3.06. The molecule has 88 valence electrons. The van der Waals surface area contributed by atoms with Crippen LogP contribution in [0.1, 0.15) is 22.2 Å². The Morgan fingerprint density at radius 3 is 2.94 bits per heavy atom. The number of nitrogens with zero attached hydrogens (tertiary/aromatic N) is 1. The molecule has 0 saturated carbocycles. The third kappa shape index (κ3) is 2.88. The van der Waals surface area contributed by atoms with Crippen molar-refractivity contribution in [3.63, 3.8) is 0 Å². The molecule has 0 aliphatic heterocycles. The second-order valence-corrected chi connectivity index (χ2v) is 4.43. The molecule has 0 atom stereocenters. The van der Waals surface area contributed by atoms with Gasteiger partial charge in [-0.2, -0.15) is 0 Å². The number of hydrogen-bond donors (Lipinski definition) is 0. The molecule has 0 bridgehead atoms. The summed E-state index contributed by atoms with van der Waals surface area (Å²) < 4.78 is 18.8. The summed E-state index contributed by atoms with van der Waals surface area (Å²) in [7, 11) is 0.